The number of hydrogen-bond acceptors (Lipinski definition) is 5. The molecule has 0 saturated heterocycles. The molecule has 0 fully saturated rings. The third kappa shape index (κ3) is 5.63. The van der Waals surface area contributed by atoms with Crippen LogP contribution >= 0.6 is 11.8 Å². The number of aliphatic carboxylic acids is 1. The molecule has 0 aromatic heterocycles. The van der Waals surface area contributed by atoms with Crippen LogP contribution < -0.4 is 4.74 Å². The summed E-state index contributed by atoms with van der Waals surface area (Å²) in [4.78, 5) is 17.8. The van der Waals surface area contributed by atoms with Crippen LogP contribution in [0, 0.1) is 0 Å². The molecule has 1 unspecified atom stereocenters. The molecule has 1 atom stereocenters. The number of carboxylic acids is 1. The molecule has 0 saturated carbocycles. The van der Waals surface area contributed by atoms with Crippen LogP contribution in [-0.4, -0.2) is 59.1 Å². The van der Waals surface area contributed by atoms with E-state index in [0.717, 1.165) is 61.0 Å². The Balaban J connectivity index is 1.35. The number of thioether (sulfide) groups is 1. The van der Waals surface area contributed by atoms with E-state index in [1.165, 1.54) is 23.3 Å². The highest BCUT2D eigenvalue weighted by Crippen LogP contribution is 2.31. The number of hydrogen-bond donors (Lipinski definition) is 1. The van der Waals surface area contributed by atoms with Gasteiger partial charge in [-0.3, -0.25) is 4.99 Å². The molecule has 0 radical (unpaired) electrons. The summed E-state index contributed by atoms with van der Waals surface area (Å²) in [6.07, 6.45) is -2.60. The van der Waals surface area contributed by atoms with E-state index in [1.54, 1.807) is 11.8 Å². The van der Waals surface area contributed by atoms with Crippen molar-refractivity contribution in [3.05, 3.63) is 64.7 Å². The lowest BCUT2D eigenvalue weighted by Crippen LogP contribution is -2.34. The lowest BCUT2D eigenvalue weighted by molar-refractivity contribution is -0.139. The highest BCUT2D eigenvalue weighted by Gasteiger charge is 2.30. The van der Waals surface area contributed by atoms with Gasteiger partial charge in [0, 0.05) is 31.0 Å². The average Bonchev–Trinajstić information content (AvgIpc) is 3.13. The molecule has 2 aliphatic heterocycles. The Morgan fingerprint density at radius 2 is 1.84 bits per heavy atom. The van der Waals surface area contributed by atoms with Gasteiger partial charge in [0.1, 0.15) is 5.75 Å². The predicted octanol–water partition coefficient (Wildman–Crippen LogP) is 4.13. The van der Waals surface area contributed by atoms with Crippen molar-refractivity contribution in [3.8, 4) is 5.75 Å². The first-order chi connectivity index (χ1) is 15.3. The van der Waals surface area contributed by atoms with Gasteiger partial charge in [-0.2, -0.15) is 13.2 Å². The van der Waals surface area contributed by atoms with Crippen molar-refractivity contribution in [2.45, 2.75) is 25.1 Å². The summed E-state index contributed by atoms with van der Waals surface area (Å²) in [6.45, 7) is 2.20. The molecule has 5 nitrogen and oxygen atoms in total. The van der Waals surface area contributed by atoms with Crippen molar-refractivity contribution in [2.24, 2.45) is 4.99 Å². The number of halogens is 3. The monoisotopic (exact) mass is 464 g/mol. The largest absolute Gasteiger partial charge is 0.482 e. The minimum absolute atomic E-state index is 0.105. The lowest BCUT2D eigenvalue weighted by atomic mass is 10.0. The van der Waals surface area contributed by atoms with E-state index < -0.39 is 17.7 Å². The molecule has 0 amide bonds. The van der Waals surface area contributed by atoms with Gasteiger partial charge < -0.3 is 14.7 Å². The summed E-state index contributed by atoms with van der Waals surface area (Å²) >= 11 is 1.59. The Labute approximate surface area is 188 Å². The van der Waals surface area contributed by atoms with Crippen LogP contribution in [0.3, 0.4) is 0 Å². The molecule has 0 aliphatic carbocycles. The minimum atomic E-state index is -4.33. The molecule has 2 aromatic carbocycles. The Kier molecular flexibility index (Phi) is 6.76. The van der Waals surface area contributed by atoms with Gasteiger partial charge in [-0.1, -0.05) is 18.2 Å². The van der Waals surface area contributed by atoms with E-state index in [2.05, 4.69) is 4.90 Å². The molecule has 0 spiro atoms. The van der Waals surface area contributed by atoms with Crippen molar-refractivity contribution in [2.75, 3.05) is 32.0 Å². The number of fused-ring (bicyclic) bond motifs is 1. The smallest absolute Gasteiger partial charge is 0.416 e. The van der Waals surface area contributed by atoms with Gasteiger partial charge in [0.15, 0.2) is 6.61 Å². The number of nitrogens with zero attached hydrogens (tertiary/aromatic N) is 2. The second-order valence-corrected chi connectivity index (χ2v) is 8.90. The zero-order valence-corrected chi connectivity index (χ0v) is 18.1. The summed E-state index contributed by atoms with van der Waals surface area (Å²) in [5.74, 6) is 0.377. The van der Waals surface area contributed by atoms with E-state index in [-0.39, 0.29) is 12.6 Å². The summed E-state index contributed by atoms with van der Waals surface area (Å²) in [7, 11) is 0. The molecule has 2 heterocycles. The fourth-order valence-electron chi connectivity index (χ4n) is 3.93. The van der Waals surface area contributed by atoms with Gasteiger partial charge in [0.2, 0.25) is 0 Å². The van der Waals surface area contributed by atoms with Gasteiger partial charge in [0.05, 0.1) is 16.6 Å². The van der Waals surface area contributed by atoms with Crippen molar-refractivity contribution in [1.82, 2.24) is 4.90 Å². The maximum atomic E-state index is 12.8. The lowest BCUT2D eigenvalue weighted by Gasteiger charge is -2.21. The van der Waals surface area contributed by atoms with Crippen molar-refractivity contribution in [1.29, 1.82) is 0 Å². The first kappa shape index (κ1) is 22.7. The number of ether oxygens (including phenoxy) is 1. The first-order valence-electron chi connectivity index (χ1n) is 10.3. The van der Waals surface area contributed by atoms with Crippen LogP contribution in [0.15, 0.2) is 47.5 Å². The van der Waals surface area contributed by atoms with E-state index in [4.69, 9.17) is 14.8 Å². The molecular weight excluding hydrogens is 441 g/mol. The molecular formula is C23H23F3N2O3S. The highest BCUT2D eigenvalue weighted by atomic mass is 32.2. The van der Waals surface area contributed by atoms with Gasteiger partial charge in [-0.25, -0.2) is 4.79 Å². The quantitative estimate of drug-likeness (QED) is 0.697. The molecule has 170 valence electrons. The van der Waals surface area contributed by atoms with Gasteiger partial charge in [-0.15, -0.1) is 11.8 Å². The number of aliphatic imine (C=N–C) groups is 1. The average molecular weight is 465 g/mol. The third-order valence-electron chi connectivity index (χ3n) is 5.58. The van der Waals surface area contributed by atoms with E-state index >= 15 is 0 Å². The standard InChI is InChI=1S/C23H23F3N2O3S/c24-23(25,26)18-4-1-16(2-5-18)22-27-19(14-32-22)12-28-9-7-15-3-6-20(31-13-21(29)30)11-17(15)8-10-28/h1-6,11,19H,7-10,12-14H2,(H,29,30). The number of benzene rings is 2. The fraction of sp³-hybridized carbons (Fsp3) is 0.391. The van der Waals surface area contributed by atoms with Crippen LogP contribution in [0.4, 0.5) is 13.2 Å². The first-order valence-corrected chi connectivity index (χ1v) is 11.3. The van der Waals surface area contributed by atoms with Crippen molar-refractivity contribution < 1.29 is 27.8 Å². The Hall–Kier alpha value is -2.52. The zero-order valence-electron chi connectivity index (χ0n) is 17.3. The Morgan fingerprint density at radius 1 is 1.12 bits per heavy atom. The van der Waals surface area contributed by atoms with Crippen LogP contribution in [0.1, 0.15) is 22.3 Å². The number of carbonyl (C=O) groups is 1. The Bertz CT molecular complexity index is 1010. The van der Waals surface area contributed by atoms with Gasteiger partial charge in [-0.05, 0) is 48.2 Å². The second-order valence-electron chi connectivity index (χ2n) is 7.89. The topological polar surface area (TPSA) is 62.1 Å². The Morgan fingerprint density at radius 3 is 2.53 bits per heavy atom. The molecule has 32 heavy (non-hydrogen) atoms. The SMILES string of the molecule is O=C(O)COc1ccc2c(c1)CCN(CC1CSC(c3ccc(C(F)(F)F)cc3)=N1)CC2. The molecule has 4 rings (SSSR count). The van der Waals surface area contributed by atoms with E-state index in [1.807, 2.05) is 18.2 Å². The van der Waals surface area contributed by atoms with Gasteiger partial charge >= 0.3 is 12.1 Å². The zero-order chi connectivity index (χ0) is 22.7. The number of alkyl halides is 3. The molecule has 1 N–H and O–H groups in total. The number of carboxylic acid groups (broad SMARTS) is 1. The van der Waals surface area contributed by atoms with E-state index in [0.29, 0.717) is 5.75 Å². The summed E-state index contributed by atoms with van der Waals surface area (Å²) in [5.41, 5.74) is 2.49. The fourth-order valence-corrected chi connectivity index (χ4v) is 4.99. The summed E-state index contributed by atoms with van der Waals surface area (Å²) in [6, 6.07) is 11.0. The van der Waals surface area contributed by atoms with Gasteiger partial charge in [0.25, 0.3) is 0 Å². The van der Waals surface area contributed by atoms with E-state index in [9.17, 15) is 18.0 Å². The van der Waals surface area contributed by atoms with Crippen molar-refractivity contribution >= 4 is 22.8 Å². The molecule has 2 aliphatic rings. The maximum absolute atomic E-state index is 12.8. The summed E-state index contributed by atoms with van der Waals surface area (Å²) < 4.78 is 43.6. The number of rotatable bonds is 6. The molecule has 0 bridgehead atoms. The third-order valence-corrected chi connectivity index (χ3v) is 6.74. The second kappa shape index (κ2) is 9.54. The minimum Gasteiger partial charge on any atom is -0.482 e. The van der Waals surface area contributed by atoms with Crippen LogP contribution in [-0.2, 0) is 23.8 Å². The van der Waals surface area contributed by atoms with Crippen LogP contribution in [0.5, 0.6) is 5.75 Å². The normalized spacial score (nSPS) is 19.2. The van der Waals surface area contributed by atoms with Crippen LogP contribution in [0.2, 0.25) is 0 Å². The summed E-state index contributed by atoms with van der Waals surface area (Å²) in [5, 5.41) is 9.57. The van der Waals surface area contributed by atoms with Crippen molar-refractivity contribution in [3.63, 3.8) is 0 Å². The highest BCUT2D eigenvalue weighted by molar-refractivity contribution is 8.14. The molecule has 9 heteroatoms. The molecule has 2 aromatic rings. The maximum Gasteiger partial charge on any atom is 0.416 e. The predicted molar refractivity (Wildman–Crippen MR) is 118 cm³/mol. The van der Waals surface area contributed by atoms with Crippen LogP contribution in [0.25, 0.3) is 0 Å².